The van der Waals surface area contributed by atoms with Gasteiger partial charge in [-0.05, 0) is 5.56 Å². The summed E-state index contributed by atoms with van der Waals surface area (Å²) in [5, 5.41) is 9.90. The Kier molecular flexibility index (Phi) is 6.24. The van der Waals surface area contributed by atoms with E-state index in [2.05, 4.69) is 5.32 Å². The highest BCUT2D eigenvalue weighted by Gasteiger charge is 2.27. The van der Waals surface area contributed by atoms with E-state index in [4.69, 9.17) is 20.6 Å². The number of hydrogen-bond acceptors (Lipinski definition) is 4. The van der Waals surface area contributed by atoms with Gasteiger partial charge in [0.15, 0.2) is 6.10 Å². The summed E-state index contributed by atoms with van der Waals surface area (Å²) in [5.41, 5.74) is 6.17. The maximum absolute atomic E-state index is 14.2. The molecule has 0 heterocycles. The van der Waals surface area contributed by atoms with Gasteiger partial charge in [-0.1, -0.05) is 24.3 Å². The molecule has 0 fully saturated rings. The molecule has 0 aliphatic rings. The van der Waals surface area contributed by atoms with Crippen molar-refractivity contribution in [2.24, 2.45) is 5.73 Å². The molecule has 0 saturated carbocycles. The zero-order valence-electron chi connectivity index (χ0n) is 14.3. The fourth-order valence-electron chi connectivity index (χ4n) is 2.37. The highest BCUT2D eigenvalue weighted by molar-refractivity contribution is 5.94. The molecule has 0 aliphatic heterocycles. The first-order valence-electron chi connectivity index (χ1n) is 7.64. The minimum absolute atomic E-state index is 0.00423. The van der Waals surface area contributed by atoms with Gasteiger partial charge in [-0.3, -0.25) is 10.2 Å². The number of carbonyl (C=O) groups excluding carboxylic acids is 1. The molecule has 1 unspecified atom stereocenters. The molecule has 0 bridgehead atoms. The average molecular weight is 363 g/mol. The molecule has 0 radical (unpaired) electrons. The first-order chi connectivity index (χ1) is 12.4. The van der Waals surface area contributed by atoms with Gasteiger partial charge in [-0.15, -0.1) is 0 Å². The van der Waals surface area contributed by atoms with Crippen LogP contribution in [0.15, 0.2) is 36.4 Å². The van der Waals surface area contributed by atoms with Crippen molar-refractivity contribution < 1.29 is 23.0 Å². The number of ether oxygens (including phenoxy) is 2. The molecule has 1 atom stereocenters. The minimum atomic E-state index is -1.45. The average Bonchev–Trinajstić information content (AvgIpc) is 2.62. The number of amides is 1. The first kappa shape index (κ1) is 19.3. The number of halogens is 2. The molecule has 2 aromatic carbocycles. The van der Waals surface area contributed by atoms with E-state index in [1.807, 2.05) is 0 Å². The van der Waals surface area contributed by atoms with Crippen LogP contribution in [-0.2, 0) is 16.1 Å². The Labute approximate surface area is 149 Å². The zero-order chi connectivity index (χ0) is 19.3. The van der Waals surface area contributed by atoms with Crippen molar-refractivity contribution in [2.45, 2.75) is 12.6 Å². The fraction of sp³-hybridized carbons (Fsp3) is 0.222. The second kappa shape index (κ2) is 8.39. The van der Waals surface area contributed by atoms with Crippen molar-refractivity contribution in [2.75, 3.05) is 14.2 Å². The van der Waals surface area contributed by atoms with E-state index in [0.29, 0.717) is 5.56 Å². The third-order valence-corrected chi connectivity index (χ3v) is 3.76. The second-order valence-electron chi connectivity index (χ2n) is 5.45. The number of benzene rings is 2. The van der Waals surface area contributed by atoms with Crippen molar-refractivity contribution in [3.8, 4) is 5.75 Å². The molecule has 138 valence electrons. The van der Waals surface area contributed by atoms with Crippen LogP contribution in [0.1, 0.15) is 22.8 Å². The van der Waals surface area contributed by atoms with Crippen LogP contribution in [0.25, 0.3) is 0 Å². The molecular weight excluding hydrogens is 344 g/mol. The van der Waals surface area contributed by atoms with Gasteiger partial charge >= 0.3 is 0 Å². The standard InChI is InChI=1S/C18H19F2N3O3/c1-25-12-7-13(19)15(14(20)8-12)16(26-2)18(24)23-9-10-3-5-11(6-4-10)17(21)22/h3-8,16H,9H2,1-2H3,(H3,21,22)(H,23,24). The van der Waals surface area contributed by atoms with E-state index < -0.39 is 29.2 Å². The van der Waals surface area contributed by atoms with E-state index >= 15 is 0 Å². The van der Waals surface area contributed by atoms with Gasteiger partial charge in [0, 0.05) is 31.4 Å². The summed E-state index contributed by atoms with van der Waals surface area (Å²) in [6.07, 6.45) is -1.45. The van der Waals surface area contributed by atoms with Gasteiger partial charge in [0.25, 0.3) is 5.91 Å². The molecule has 2 rings (SSSR count). The predicted molar refractivity (Wildman–Crippen MR) is 92.0 cm³/mol. The Morgan fingerprint density at radius 2 is 1.77 bits per heavy atom. The number of rotatable bonds is 7. The lowest BCUT2D eigenvalue weighted by Crippen LogP contribution is -2.31. The highest BCUT2D eigenvalue weighted by atomic mass is 19.1. The van der Waals surface area contributed by atoms with Crippen LogP contribution in [0.2, 0.25) is 0 Å². The summed E-state index contributed by atoms with van der Waals surface area (Å²) >= 11 is 0. The molecule has 4 N–H and O–H groups in total. The lowest BCUT2D eigenvalue weighted by Gasteiger charge is -2.17. The molecule has 26 heavy (non-hydrogen) atoms. The second-order valence-corrected chi connectivity index (χ2v) is 5.45. The van der Waals surface area contributed by atoms with Gasteiger partial charge in [0.05, 0.1) is 12.7 Å². The third-order valence-electron chi connectivity index (χ3n) is 3.76. The maximum atomic E-state index is 14.2. The van der Waals surface area contributed by atoms with Gasteiger partial charge in [-0.2, -0.15) is 0 Å². The van der Waals surface area contributed by atoms with Crippen molar-refractivity contribution in [1.82, 2.24) is 5.32 Å². The molecule has 2 aromatic rings. The van der Waals surface area contributed by atoms with E-state index in [1.165, 1.54) is 14.2 Å². The molecule has 8 heteroatoms. The largest absolute Gasteiger partial charge is 0.497 e. The minimum Gasteiger partial charge on any atom is -0.497 e. The van der Waals surface area contributed by atoms with Crippen molar-refractivity contribution in [1.29, 1.82) is 5.41 Å². The van der Waals surface area contributed by atoms with Gasteiger partial charge < -0.3 is 20.5 Å². The van der Waals surface area contributed by atoms with E-state index in [9.17, 15) is 13.6 Å². The van der Waals surface area contributed by atoms with Crippen LogP contribution in [-0.4, -0.2) is 26.0 Å². The van der Waals surface area contributed by atoms with Crippen molar-refractivity contribution >= 4 is 11.7 Å². The smallest absolute Gasteiger partial charge is 0.254 e. The van der Waals surface area contributed by atoms with Crippen LogP contribution < -0.4 is 15.8 Å². The molecule has 1 amide bonds. The van der Waals surface area contributed by atoms with Crippen LogP contribution in [0.5, 0.6) is 5.75 Å². The Balaban J connectivity index is 2.13. The quantitative estimate of drug-likeness (QED) is 0.519. The van der Waals surface area contributed by atoms with Gasteiger partial charge in [0.1, 0.15) is 23.2 Å². The topological polar surface area (TPSA) is 97.4 Å². The summed E-state index contributed by atoms with van der Waals surface area (Å²) < 4.78 is 38.1. The molecule has 6 nitrogen and oxygen atoms in total. The SMILES string of the molecule is COc1cc(F)c(C(OC)C(=O)NCc2ccc(C(=N)N)cc2)c(F)c1. The number of amidine groups is 1. The summed E-state index contributed by atoms with van der Waals surface area (Å²) in [4.78, 5) is 12.3. The van der Waals surface area contributed by atoms with Crippen LogP contribution in [0.3, 0.4) is 0 Å². The number of nitrogens with one attached hydrogen (secondary N) is 2. The Morgan fingerprint density at radius 1 is 1.19 bits per heavy atom. The van der Waals surface area contributed by atoms with Gasteiger partial charge in [-0.25, -0.2) is 8.78 Å². The molecule has 0 spiro atoms. The maximum Gasteiger partial charge on any atom is 0.254 e. The Hall–Kier alpha value is -3.00. The predicted octanol–water partition coefficient (Wildman–Crippen LogP) is 2.26. The van der Waals surface area contributed by atoms with E-state index in [0.717, 1.165) is 17.7 Å². The molecular formula is C18H19F2N3O3. The fourth-order valence-corrected chi connectivity index (χ4v) is 2.37. The number of nitrogen functional groups attached to an aromatic ring is 1. The van der Waals surface area contributed by atoms with E-state index in [-0.39, 0.29) is 18.1 Å². The van der Waals surface area contributed by atoms with Crippen molar-refractivity contribution in [3.05, 3.63) is 64.7 Å². The van der Waals surface area contributed by atoms with E-state index in [1.54, 1.807) is 24.3 Å². The number of methoxy groups -OCH3 is 2. The monoisotopic (exact) mass is 363 g/mol. The first-order valence-corrected chi connectivity index (χ1v) is 7.64. The summed E-state index contributed by atoms with van der Waals surface area (Å²) in [6.45, 7) is 0.121. The number of nitrogens with two attached hydrogens (primary N) is 1. The highest BCUT2D eigenvalue weighted by Crippen LogP contribution is 2.27. The van der Waals surface area contributed by atoms with Crippen LogP contribution >= 0.6 is 0 Å². The van der Waals surface area contributed by atoms with Gasteiger partial charge in [0.2, 0.25) is 0 Å². The lowest BCUT2D eigenvalue weighted by molar-refractivity contribution is -0.131. The van der Waals surface area contributed by atoms with Crippen LogP contribution in [0.4, 0.5) is 8.78 Å². The normalized spacial score (nSPS) is 11.7. The molecule has 0 aliphatic carbocycles. The number of hydrogen-bond donors (Lipinski definition) is 3. The van der Waals surface area contributed by atoms with Crippen LogP contribution in [0, 0.1) is 17.0 Å². The molecule has 0 saturated heterocycles. The summed E-state index contributed by atoms with van der Waals surface area (Å²) in [6, 6.07) is 8.62. The zero-order valence-corrected chi connectivity index (χ0v) is 14.3. The third kappa shape index (κ3) is 4.34. The molecule has 0 aromatic heterocycles. The Bertz CT molecular complexity index is 787. The lowest BCUT2D eigenvalue weighted by atomic mass is 10.1. The summed E-state index contributed by atoms with van der Waals surface area (Å²) in [7, 11) is 2.47. The summed E-state index contributed by atoms with van der Waals surface area (Å²) in [5.74, 6) is -2.62. The Morgan fingerprint density at radius 3 is 2.23 bits per heavy atom. The van der Waals surface area contributed by atoms with Crippen molar-refractivity contribution in [3.63, 3.8) is 0 Å². The number of carbonyl (C=O) groups is 1.